The first-order valence-electron chi connectivity index (χ1n) is 5.81. The lowest BCUT2D eigenvalue weighted by Crippen LogP contribution is -2.38. The Morgan fingerprint density at radius 3 is 2.29 bits per heavy atom. The van der Waals surface area contributed by atoms with E-state index in [-0.39, 0.29) is 0 Å². The van der Waals surface area contributed by atoms with Crippen molar-refractivity contribution in [1.82, 2.24) is 0 Å². The van der Waals surface area contributed by atoms with Crippen LogP contribution in [0.5, 0.6) is 0 Å². The molecule has 2 rings (SSSR count). The van der Waals surface area contributed by atoms with Gasteiger partial charge in [-0.05, 0) is 27.1 Å². The lowest BCUT2D eigenvalue weighted by atomic mass is 10.0. The van der Waals surface area contributed by atoms with Gasteiger partial charge in [0.15, 0.2) is 0 Å². The van der Waals surface area contributed by atoms with Gasteiger partial charge in [-0.3, -0.25) is 0 Å². The largest absolute Gasteiger partial charge is 0.384 e. The van der Waals surface area contributed by atoms with E-state index in [9.17, 15) is 5.11 Å². The van der Waals surface area contributed by atoms with E-state index in [2.05, 4.69) is 31.1 Å². The molecule has 1 aromatic carbocycles. The van der Waals surface area contributed by atoms with Crippen molar-refractivity contribution in [2.75, 3.05) is 0 Å². The number of rotatable bonds is 3. The molecule has 1 aromatic heterocycles. The van der Waals surface area contributed by atoms with Crippen molar-refractivity contribution in [3.05, 3.63) is 52.9 Å². The first-order valence-corrected chi connectivity index (χ1v) is 10.2. The number of aliphatic hydroxyl groups is 1. The van der Waals surface area contributed by atoms with Crippen LogP contribution >= 0.6 is 11.3 Å². The molecule has 0 saturated heterocycles. The maximum absolute atomic E-state index is 10.5. The molecular weight excluding hydrogens is 244 g/mol. The van der Waals surface area contributed by atoms with Gasteiger partial charge < -0.3 is 5.11 Å². The standard InChI is InChI=1S/C14H18OSSi/c1-17(2,3)14-12(9-10-16-14)13(15)11-7-5-4-6-8-11/h4-10,13,15H,1-3H3. The fourth-order valence-electron chi connectivity index (χ4n) is 1.96. The highest BCUT2D eigenvalue weighted by Gasteiger charge is 2.25. The summed E-state index contributed by atoms with van der Waals surface area (Å²) >= 11 is 1.78. The molecule has 0 aliphatic rings. The number of hydrogen-bond donors (Lipinski definition) is 1. The molecule has 1 nitrogen and oxygen atoms in total. The highest BCUT2D eigenvalue weighted by molar-refractivity contribution is 7.25. The molecule has 1 atom stereocenters. The van der Waals surface area contributed by atoms with Gasteiger partial charge in [0.2, 0.25) is 0 Å². The van der Waals surface area contributed by atoms with Crippen LogP contribution in [0.3, 0.4) is 0 Å². The minimum absolute atomic E-state index is 0.482. The van der Waals surface area contributed by atoms with Gasteiger partial charge in [-0.25, -0.2) is 0 Å². The molecule has 0 fully saturated rings. The van der Waals surface area contributed by atoms with Crippen LogP contribution < -0.4 is 4.50 Å². The fraction of sp³-hybridized carbons (Fsp3) is 0.286. The minimum atomic E-state index is -1.36. The van der Waals surface area contributed by atoms with Crippen LogP contribution in [0, 0.1) is 0 Å². The Kier molecular flexibility index (Phi) is 3.52. The van der Waals surface area contributed by atoms with E-state index in [1.165, 1.54) is 4.50 Å². The van der Waals surface area contributed by atoms with E-state index < -0.39 is 14.2 Å². The van der Waals surface area contributed by atoms with Gasteiger partial charge in [0, 0.05) is 0 Å². The highest BCUT2D eigenvalue weighted by Crippen LogP contribution is 2.24. The van der Waals surface area contributed by atoms with Crippen molar-refractivity contribution in [2.45, 2.75) is 25.7 Å². The van der Waals surface area contributed by atoms with E-state index in [0.717, 1.165) is 11.1 Å². The molecule has 0 spiro atoms. The van der Waals surface area contributed by atoms with E-state index in [0.29, 0.717) is 0 Å². The van der Waals surface area contributed by atoms with Crippen LogP contribution in [0.1, 0.15) is 17.2 Å². The molecule has 3 heteroatoms. The highest BCUT2D eigenvalue weighted by atomic mass is 32.1. The second kappa shape index (κ2) is 4.76. The van der Waals surface area contributed by atoms with Crippen LogP contribution in [-0.4, -0.2) is 13.2 Å². The third-order valence-electron chi connectivity index (χ3n) is 2.79. The summed E-state index contributed by atoms with van der Waals surface area (Å²) < 4.78 is 1.40. The third kappa shape index (κ3) is 2.68. The van der Waals surface area contributed by atoms with E-state index in [1.807, 2.05) is 30.3 Å². The van der Waals surface area contributed by atoms with Crippen molar-refractivity contribution in [3.8, 4) is 0 Å². The Hall–Kier alpha value is -0.903. The summed E-state index contributed by atoms with van der Waals surface area (Å²) in [7, 11) is -1.36. The zero-order valence-electron chi connectivity index (χ0n) is 10.5. The maximum atomic E-state index is 10.5. The molecule has 0 amide bonds. The topological polar surface area (TPSA) is 20.2 Å². The van der Waals surface area contributed by atoms with Crippen LogP contribution in [0.15, 0.2) is 41.8 Å². The van der Waals surface area contributed by atoms with E-state index in [4.69, 9.17) is 0 Å². The molecule has 0 bridgehead atoms. The number of hydrogen-bond acceptors (Lipinski definition) is 2. The Balaban J connectivity index is 2.39. The maximum Gasteiger partial charge on any atom is 0.105 e. The van der Waals surface area contributed by atoms with Gasteiger partial charge in [-0.1, -0.05) is 50.0 Å². The van der Waals surface area contributed by atoms with Gasteiger partial charge in [-0.15, -0.1) is 0 Å². The summed E-state index contributed by atoms with van der Waals surface area (Å²) in [6.45, 7) is 6.96. The predicted molar refractivity (Wildman–Crippen MR) is 77.8 cm³/mol. The first kappa shape index (κ1) is 12.6. The molecule has 1 unspecified atom stereocenters. The summed E-state index contributed by atoms with van der Waals surface area (Å²) in [5, 5.41) is 12.5. The van der Waals surface area contributed by atoms with Crippen LogP contribution in [0.2, 0.25) is 19.6 Å². The lowest BCUT2D eigenvalue weighted by Gasteiger charge is -2.20. The molecule has 1 heterocycles. The Bertz CT molecular complexity index is 484. The monoisotopic (exact) mass is 262 g/mol. The van der Waals surface area contributed by atoms with Gasteiger partial charge >= 0.3 is 0 Å². The third-order valence-corrected chi connectivity index (χ3v) is 7.37. The second-order valence-electron chi connectivity index (χ2n) is 5.27. The lowest BCUT2D eigenvalue weighted by molar-refractivity contribution is 0.221. The zero-order chi connectivity index (χ0) is 12.5. The molecule has 1 N–H and O–H groups in total. The summed E-state index contributed by atoms with van der Waals surface area (Å²) in [6, 6.07) is 11.9. The molecule has 2 aromatic rings. The molecule has 17 heavy (non-hydrogen) atoms. The summed E-state index contributed by atoms with van der Waals surface area (Å²) in [5.74, 6) is 0. The average Bonchev–Trinajstić information content (AvgIpc) is 2.78. The average molecular weight is 262 g/mol. The van der Waals surface area contributed by atoms with Crippen molar-refractivity contribution in [3.63, 3.8) is 0 Å². The second-order valence-corrected chi connectivity index (χ2v) is 11.5. The summed E-state index contributed by atoms with van der Waals surface area (Å²) in [5.41, 5.74) is 2.07. The molecule has 0 radical (unpaired) electrons. The van der Waals surface area contributed by atoms with Crippen LogP contribution in [0.4, 0.5) is 0 Å². The van der Waals surface area contributed by atoms with Crippen molar-refractivity contribution < 1.29 is 5.11 Å². The molecular formula is C14H18OSSi. The summed E-state index contributed by atoms with van der Waals surface area (Å²) in [6.07, 6.45) is -0.482. The van der Waals surface area contributed by atoms with Crippen LogP contribution in [0.25, 0.3) is 0 Å². The van der Waals surface area contributed by atoms with Crippen molar-refractivity contribution >= 4 is 23.9 Å². The Labute approximate surface area is 108 Å². The smallest absolute Gasteiger partial charge is 0.105 e. The van der Waals surface area contributed by atoms with Gasteiger partial charge in [0.05, 0.1) is 8.07 Å². The van der Waals surface area contributed by atoms with E-state index >= 15 is 0 Å². The molecule has 0 aliphatic carbocycles. The normalized spacial score (nSPS) is 13.6. The van der Waals surface area contributed by atoms with Gasteiger partial charge in [-0.2, -0.15) is 11.3 Å². The Morgan fingerprint density at radius 1 is 1.06 bits per heavy atom. The van der Waals surface area contributed by atoms with E-state index in [1.54, 1.807) is 11.3 Å². The number of thiophene rings is 1. The number of aliphatic hydroxyl groups excluding tert-OH is 1. The van der Waals surface area contributed by atoms with Crippen molar-refractivity contribution in [1.29, 1.82) is 0 Å². The first-order chi connectivity index (χ1) is 8.00. The summed E-state index contributed by atoms with van der Waals surface area (Å²) in [4.78, 5) is 0. The van der Waals surface area contributed by atoms with Gasteiger partial charge in [0.25, 0.3) is 0 Å². The quantitative estimate of drug-likeness (QED) is 0.841. The number of benzene rings is 1. The Morgan fingerprint density at radius 2 is 1.71 bits per heavy atom. The minimum Gasteiger partial charge on any atom is -0.384 e. The zero-order valence-corrected chi connectivity index (χ0v) is 12.3. The fourth-order valence-corrected chi connectivity index (χ4v) is 5.33. The molecule has 0 aliphatic heterocycles. The molecule has 0 saturated carbocycles. The SMILES string of the molecule is C[Si](C)(C)c1sccc1C(O)c1ccccc1. The van der Waals surface area contributed by atoms with Crippen molar-refractivity contribution in [2.24, 2.45) is 0 Å². The van der Waals surface area contributed by atoms with Gasteiger partial charge in [0.1, 0.15) is 6.10 Å². The van der Waals surface area contributed by atoms with Crippen LogP contribution in [-0.2, 0) is 0 Å². The molecule has 90 valence electrons. The predicted octanol–water partition coefficient (Wildman–Crippen LogP) is 3.38.